The van der Waals surface area contributed by atoms with Gasteiger partial charge in [-0.1, -0.05) is 12.8 Å². The molecule has 2 aromatic carbocycles. The molecule has 1 fully saturated rings. The van der Waals surface area contributed by atoms with Crippen molar-refractivity contribution in [3.05, 3.63) is 64.2 Å². The molecule has 0 spiro atoms. The zero-order chi connectivity index (χ0) is 23.1. The molecule has 0 saturated heterocycles. The number of amides is 2. The summed E-state index contributed by atoms with van der Waals surface area (Å²) in [6.07, 6.45) is 3.95. The first kappa shape index (κ1) is 23.4. The minimum Gasteiger partial charge on any atom is -0.351 e. The van der Waals surface area contributed by atoms with Gasteiger partial charge in [-0.2, -0.15) is 0 Å². The van der Waals surface area contributed by atoms with Gasteiger partial charge in [-0.05, 0) is 49.2 Å². The van der Waals surface area contributed by atoms with Crippen molar-refractivity contribution >= 4 is 33.2 Å². The van der Waals surface area contributed by atoms with Gasteiger partial charge in [-0.25, -0.2) is 13.1 Å². The second kappa shape index (κ2) is 10.3. The Kier molecular flexibility index (Phi) is 7.54. The first-order chi connectivity index (χ1) is 15.3. The van der Waals surface area contributed by atoms with E-state index in [1.165, 1.54) is 0 Å². The topological polar surface area (TPSA) is 148 Å². The van der Waals surface area contributed by atoms with Gasteiger partial charge in [0.2, 0.25) is 15.9 Å². The van der Waals surface area contributed by atoms with Gasteiger partial charge in [0.25, 0.3) is 11.6 Å². The molecular weight excluding hydrogens is 436 g/mol. The third kappa shape index (κ3) is 6.11. The van der Waals surface area contributed by atoms with Crippen molar-refractivity contribution in [1.82, 2.24) is 10.0 Å². The smallest absolute Gasteiger partial charge is 0.269 e. The molecule has 32 heavy (non-hydrogen) atoms. The van der Waals surface area contributed by atoms with Gasteiger partial charge < -0.3 is 10.6 Å². The van der Waals surface area contributed by atoms with Crippen LogP contribution in [0, 0.1) is 16.0 Å². The molecule has 0 aliphatic heterocycles. The summed E-state index contributed by atoms with van der Waals surface area (Å²) in [6, 6.07) is 11.0. The summed E-state index contributed by atoms with van der Waals surface area (Å²) < 4.78 is 26.8. The number of non-ortho nitro benzene ring substituents is 1. The second-order valence-corrected chi connectivity index (χ2v) is 9.22. The fourth-order valence-electron chi connectivity index (χ4n) is 3.43. The normalized spacial score (nSPS) is 14.1. The van der Waals surface area contributed by atoms with Crippen LogP contribution in [0.1, 0.15) is 36.0 Å². The van der Waals surface area contributed by atoms with Gasteiger partial charge in [-0.3, -0.25) is 19.7 Å². The van der Waals surface area contributed by atoms with Crippen molar-refractivity contribution in [2.24, 2.45) is 5.92 Å². The number of sulfonamides is 1. The van der Waals surface area contributed by atoms with E-state index in [2.05, 4.69) is 15.4 Å². The second-order valence-electron chi connectivity index (χ2n) is 7.45. The first-order valence-corrected chi connectivity index (χ1v) is 11.7. The summed E-state index contributed by atoms with van der Waals surface area (Å²) in [5.41, 5.74) is 0.789. The lowest BCUT2D eigenvalue weighted by Gasteiger charge is -2.11. The molecule has 11 heteroatoms. The molecule has 0 unspecified atom stereocenters. The third-order valence-electron chi connectivity index (χ3n) is 5.20. The lowest BCUT2D eigenvalue weighted by Crippen LogP contribution is -2.34. The number of nitrogens with one attached hydrogen (secondary N) is 3. The summed E-state index contributed by atoms with van der Waals surface area (Å²) in [5.74, 6) is -0.332. The van der Waals surface area contributed by atoms with Crippen LogP contribution in [0.4, 0.5) is 11.4 Å². The quantitative estimate of drug-likeness (QED) is 0.297. The first-order valence-electron chi connectivity index (χ1n) is 10.2. The summed E-state index contributed by atoms with van der Waals surface area (Å²) in [5, 5.41) is 16.1. The average molecular weight is 461 g/mol. The van der Waals surface area contributed by atoms with E-state index < -0.39 is 14.9 Å². The van der Waals surface area contributed by atoms with Crippen LogP contribution >= 0.6 is 0 Å². The Morgan fingerprint density at radius 1 is 0.969 bits per heavy atom. The predicted octanol–water partition coefficient (Wildman–Crippen LogP) is 2.43. The van der Waals surface area contributed by atoms with Crippen LogP contribution in [0.15, 0.2) is 53.4 Å². The van der Waals surface area contributed by atoms with Crippen molar-refractivity contribution in [2.75, 3.05) is 18.4 Å². The number of anilines is 1. The van der Waals surface area contributed by atoms with E-state index in [4.69, 9.17) is 0 Å². The Morgan fingerprint density at radius 2 is 1.59 bits per heavy atom. The predicted molar refractivity (Wildman–Crippen MR) is 118 cm³/mol. The van der Waals surface area contributed by atoms with Crippen molar-refractivity contribution in [1.29, 1.82) is 0 Å². The Balaban J connectivity index is 1.45. The molecule has 0 aromatic heterocycles. The number of nitro groups is 1. The third-order valence-corrected chi connectivity index (χ3v) is 6.68. The number of carbonyl (C=O) groups excluding carboxylic acids is 2. The highest BCUT2D eigenvalue weighted by Gasteiger charge is 2.22. The number of nitro benzene ring substituents is 1. The van der Waals surface area contributed by atoms with Gasteiger partial charge in [0.1, 0.15) is 0 Å². The number of nitrogens with zero attached hydrogens (tertiary/aromatic N) is 1. The zero-order valence-electron chi connectivity index (χ0n) is 17.2. The van der Waals surface area contributed by atoms with Crippen LogP contribution in [-0.4, -0.2) is 38.2 Å². The van der Waals surface area contributed by atoms with Crippen molar-refractivity contribution < 1.29 is 22.9 Å². The SMILES string of the molecule is O=C(NCCNS(=O)(=O)c1ccc([N+](=O)[O-])cc1)c1ccc(NC(=O)C2CCCC2)cc1. The molecule has 3 rings (SSSR count). The van der Waals surface area contributed by atoms with E-state index in [0.717, 1.165) is 49.9 Å². The fourth-order valence-corrected chi connectivity index (χ4v) is 4.46. The van der Waals surface area contributed by atoms with Crippen molar-refractivity contribution in [3.8, 4) is 0 Å². The van der Waals surface area contributed by atoms with Crippen molar-refractivity contribution in [2.45, 2.75) is 30.6 Å². The Labute approximate surface area is 185 Å². The molecule has 0 heterocycles. The molecule has 0 atom stereocenters. The number of carbonyl (C=O) groups is 2. The van der Waals surface area contributed by atoms with E-state index >= 15 is 0 Å². The maximum atomic E-state index is 12.2. The van der Waals surface area contributed by atoms with Crippen LogP contribution in [-0.2, 0) is 14.8 Å². The summed E-state index contributed by atoms with van der Waals surface area (Å²) in [7, 11) is -3.85. The van der Waals surface area contributed by atoms with Crippen LogP contribution in [0.2, 0.25) is 0 Å². The maximum Gasteiger partial charge on any atom is 0.269 e. The van der Waals surface area contributed by atoms with Crippen LogP contribution in [0.25, 0.3) is 0 Å². The lowest BCUT2D eigenvalue weighted by molar-refractivity contribution is -0.384. The van der Waals surface area contributed by atoms with Gasteiger partial charge in [-0.15, -0.1) is 0 Å². The molecule has 3 N–H and O–H groups in total. The standard InChI is InChI=1S/C21H24N4O6S/c26-20(16-5-7-17(8-6-16)24-21(27)15-3-1-2-4-15)22-13-14-23-32(30,31)19-11-9-18(10-12-19)25(28)29/h5-12,15,23H,1-4,13-14H2,(H,22,26)(H,24,27). The van der Waals surface area contributed by atoms with Crippen molar-refractivity contribution in [3.63, 3.8) is 0 Å². The molecule has 1 aliphatic carbocycles. The van der Waals surface area contributed by atoms with Gasteiger partial charge in [0.15, 0.2) is 0 Å². The monoisotopic (exact) mass is 460 g/mol. The van der Waals surface area contributed by atoms with E-state index in [1.807, 2.05) is 0 Å². The van der Waals surface area contributed by atoms with Crippen LogP contribution in [0.5, 0.6) is 0 Å². The minimum absolute atomic E-state index is 0.00000586. The highest BCUT2D eigenvalue weighted by molar-refractivity contribution is 7.89. The number of hydrogen-bond donors (Lipinski definition) is 3. The maximum absolute atomic E-state index is 12.2. The zero-order valence-corrected chi connectivity index (χ0v) is 18.1. The van der Waals surface area contributed by atoms with E-state index in [9.17, 15) is 28.1 Å². The Morgan fingerprint density at radius 3 is 2.19 bits per heavy atom. The number of benzene rings is 2. The van der Waals surface area contributed by atoms with Crippen LogP contribution < -0.4 is 15.4 Å². The molecule has 0 radical (unpaired) electrons. The fraction of sp³-hybridized carbons (Fsp3) is 0.333. The lowest BCUT2D eigenvalue weighted by atomic mass is 10.1. The van der Waals surface area contributed by atoms with Gasteiger partial charge >= 0.3 is 0 Å². The summed E-state index contributed by atoms with van der Waals surface area (Å²) in [4.78, 5) is 34.3. The van der Waals surface area contributed by atoms with Gasteiger partial charge in [0.05, 0.1) is 9.82 Å². The molecule has 10 nitrogen and oxygen atoms in total. The number of rotatable bonds is 9. The molecule has 1 aliphatic rings. The van der Waals surface area contributed by atoms with Gasteiger partial charge in [0, 0.05) is 42.4 Å². The molecule has 170 valence electrons. The number of hydrogen-bond acceptors (Lipinski definition) is 6. The van der Waals surface area contributed by atoms with E-state index in [-0.39, 0.29) is 41.4 Å². The highest BCUT2D eigenvalue weighted by atomic mass is 32.2. The highest BCUT2D eigenvalue weighted by Crippen LogP contribution is 2.26. The molecule has 0 bridgehead atoms. The molecule has 2 aromatic rings. The molecule has 2 amide bonds. The Hall–Kier alpha value is -3.31. The summed E-state index contributed by atoms with van der Waals surface area (Å²) >= 11 is 0. The minimum atomic E-state index is -3.85. The molecule has 1 saturated carbocycles. The largest absolute Gasteiger partial charge is 0.351 e. The Bertz CT molecular complexity index is 1080. The average Bonchev–Trinajstić information content (AvgIpc) is 3.32. The van der Waals surface area contributed by atoms with E-state index in [0.29, 0.717) is 11.3 Å². The van der Waals surface area contributed by atoms with Crippen LogP contribution in [0.3, 0.4) is 0 Å². The van der Waals surface area contributed by atoms with E-state index in [1.54, 1.807) is 24.3 Å². The summed E-state index contributed by atoms with van der Waals surface area (Å²) in [6.45, 7) is -0.00813. The molecular formula is C21H24N4O6S.